The minimum atomic E-state index is -0.687. The summed E-state index contributed by atoms with van der Waals surface area (Å²) in [6, 6.07) is 4.24. The Labute approximate surface area is 136 Å². The van der Waals surface area contributed by atoms with E-state index in [1.807, 2.05) is 6.07 Å². The number of nitrogens with zero attached hydrogens (tertiary/aromatic N) is 2. The molecule has 0 amide bonds. The number of hydrogen-bond acceptors (Lipinski definition) is 5. The van der Waals surface area contributed by atoms with Gasteiger partial charge < -0.3 is 9.47 Å². The Morgan fingerprint density at radius 3 is 2.57 bits per heavy atom. The zero-order valence-electron chi connectivity index (χ0n) is 13.5. The number of aromatic nitrogens is 1. The molecule has 0 saturated heterocycles. The van der Waals surface area contributed by atoms with E-state index in [2.05, 4.69) is 11.1 Å². The second-order valence-electron chi connectivity index (χ2n) is 6.48. The van der Waals surface area contributed by atoms with Gasteiger partial charge in [0.1, 0.15) is 11.2 Å². The Bertz CT molecular complexity index is 620. The van der Waals surface area contributed by atoms with Crippen molar-refractivity contribution in [1.82, 2.24) is 4.98 Å². The van der Waals surface area contributed by atoms with Crippen LogP contribution in [0.1, 0.15) is 57.1 Å². The molecule has 2 aliphatic rings. The van der Waals surface area contributed by atoms with E-state index in [0.717, 1.165) is 12.8 Å². The van der Waals surface area contributed by atoms with Gasteiger partial charge in [0.05, 0.1) is 31.2 Å². The molecule has 1 aromatic heterocycles. The third-order valence-electron chi connectivity index (χ3n) is 5.01. The SMILES string of the molecule is COc1cnc(C2(C#N)CCC(=O)CC2)cc1OC1CCCC1. The van der Waals surface area contributed by atoms with Crippen molar-refractivity contribution in [1.29, 1.82) is 5.26 Å². The monoisotopic (exact) mass is 314 g/mol. The van der Waals surface area contributed by atoms with E-state index in [4.69, 9.17) is 9.47 Å². The van der Waals surface area contributed by atoms with E-state index in [-0.39, 0.29) is 11.9 Å². The molecule has 0 aliphatic heterocycles. The minimum Gasteiger partial charge on any atom is -0.491 e. The maximum Gasteiger partial charge on any atom is 0.179 e. The van der Waals surface area contributed by atoms with Crippen molar-refractivity contribution >= 4 is 5.78 Å². The average Bonchev–Trinajstić information content (AvgIpc) is 3.09. The third kappa shape index (κ3) is 3.17. The number of Topliss-reactive ketones (excluding diaryl/α,β-unsaturated/α-hetero) is 1. The lowest BCUT2D eigenvalue weighted by Gasteiger charge is -2.30. The summed E-state index contributed by atoms with van der Waals surface area (Å²) in [5.41, 5.74) is 0.00911. The van der Waals surface area contributed by atoms with E-state index in [9.17, 15) is 10.1 Å². The number of nitriles is 1. The Kier molecular flexibility index (Phi) is 4.51. The number of hydrogen-bond donors (Lipinski definition) is 0. The Morgan fingerprint density at radius 2 is 1.96 bits per heavy atom. The minimum absolute atomic E-state index is 0.213. The lowest BCUT2D eigenvalue weighted by Crippen LogP contribution is -2.31. The topological polar surface area (TPSA) is 72.2 Å². The van der Waals surface area contributed by atoms with Crippen LogP contribution in [-0.4, -0.2) is 24.0 Å². The lowest BCUT2D eigenvalue weighted by molar-refractivity contribution is -0.121. The van der Waals surface area contributed by atoms with Gasteiger partial charge in [-0.1, -0.05) is 0 Å². The molecule has 0 bridgehead atoms. The van der Waals surface area contributed by atoms with Gasteiger partial charge in [0.25, 0.3) is 0 Å². The number of carbonyl (C=O) groups is 1. The highest BCUT2D eigenvalue weighted by molar-refractivity contribution is 5.80. The van der Waals surface area contributed by atoms with Crippen LogP contribution in [0.3, 0.4) is 0 Å². The fourth-order valence-corrected chi connectivity index (χ4v) is 3.50. The molecule has 23 heavy (non-hydrogen) atoms. The molecule has 122 valence electrons. The van der Waals surface area contributed by atoms with Crippen molar-refractivity contribution in [3.8, 4) is 17.6 Å². The molecule has 0 spiro atoms. The fourth-order valence-electron chi connectivity index (χ4n) is 3.50. The molecule has 2 saturated carbocycles. The van der Waals surface area contributed by atoms with Gasteiger partial charge in [-0.25, -0.2) is 0 Å². The lowest BCUT2D eigenvalue weighted by atomic mass is 9.72. The quantitative estimate of drug-likeness (QED) is 0.852. The molecule has 1 aromatic rings. The first-order valence-electron chi connectivity index (χ1n) is 8.31. The molecule has 5 heteroatoms. The van der Waals surface area contributed by atoms with Gasteiger partial charge in [0.2, 0.25) is 0 Å². The van der Waals surface area contributed by atoms with E-state index < -0.39 is 5.41 Å². The third-order valence-corrected chi connectivity index (χ3v) is 5.01. The standard InChI is InChI=1S/C18H22N2O3/c1-22-16-11-20-17(10-15(16)23-14-4-2-3-5-14)18(12-19)8-6-13(21)7-9-18/h10-11,14H,2-9H2,1H3. The molecule has 3 rings (SSSR count). The number of carbonyl (C=O) groups excluding carboxylic acids is 1. The Hall–Kier alpha value is -2.09. The van der Waals surface area contributed by atoms with Crippen LogP contribution < -0.4 is 9.47 Å². The van der Waals surface area contributed by atoms with Crippen molar-refractivity contribution in [2.75, 3.05) is 7.11 Å². The zero-order chi connectivity index (χ0) is 16.3. The fraction of sp³-hybridized carbons (Fsp3) is 0.611. The van der Waals surface area contributed by atoms with Crippen molar-refractivity contribution in [2.45, 2.75) is 62.9 Å². The molecule has 0 N–H and O–H groups in total. The maximum absolute atomic E-state index is 11.5. The largest absolute Gasteiger partial charge is 0.491 e. The van der Waals surface area contributed by atoms with Crippen LogP contribution in [0, 0.1) is 11.3 Å². The van der Waals surface area contributed by atoms with Gasteiger partial charge in [0, 0.05) is 18.9 Å². The molecule has 0 aromatic carbocycles. The van der Waals surface area contributed by atoms with Crippen LogP contribution in [0.15, 0.2) is 12.3 Å². The van der Waals surface area contributed by atoms with Gasteiger partial charge in [0.15, 0.2) is 11.5 Å². The van der Waals surface area contributed by atoms with Crippen LogP contribution in [0.5, 0.6) is 11.5 Å². The summed E-state index contributed by atoms with van der Waals surface area (Å²) >= 11 is 0. The highest BCUT2D eigenvalue weighted by atomic mass is 16.5. The van der Waals surface area contributed by atoms with Crippen LogP contribution >= 0.6 is 0 Å². The predicted octanol–water partition coefficient (Wildman–Crippen LogP) is 3.32. The van der Waals surface area contributed by atoms with E-state index in [1.54, 1.807) is 13.3 Å². The van der Waals surface area contributed by atoms with E-state index >= 15 is 0 Å². The zero-order valence-corrected chi connectivity index (χ0v) is 13.5. The van der Waals surface area contributed by atoms with Crippen LogP contribution in [0.2, 0.25) is 0 Å². The first kappa shape index (κ1) is 15.8. The van der Waals surface area contributed by atoms with Gasteiger partial charge in [-0.05, 0) is 38.5 Å². The van der Waals surface area contributed by atoms with Gasteiger partial charge in [-0.3, -0.25) is 9.78 Å². The normalized spacial score (nSPS) is 21.0. The summed E-state index contributed by atoms with van der Waals surface area (Å²) in [6.45, 7) is 0. The molecule has 0 radical (unpaired) electrons. The number of pyridine rings is 1. The second-order valence-corrected chi connectivity index (χ2v) is 6.48. The summed E-state index contributed by atoms with van der Waals surface area (Å²) in [5, 5.41) is 9.71. The van der Waals surface area contributed by atoms with Gasteiger partial charge >= 0.3 is 0 Å². The molecule has 5 nitrogen and oxygen atoms in total. The van der Waals surface area contributed by atoms with Crippen LogP contribution in [0.4, 0.5) is 0 Å². The smallest absolute Gasteiger partial charge is 0.179 e. The molecule has 0 atom stereocenters. The van der Waals surface area contributed by atoms with Crippen molar-refractivity contribution in [3.63, 3.8) is 0 Å². The summed E-state index contributed by atoms with van der Waals surface area (Å²) in [4.78, 5) is 16.0. The molecule has 0 unspecified atom stereocenters. The molecule has 2 aliphatic carbocycles. The van der Waals surface area contributed by atoms with E-state index in [1.165, 1.54) is 12.8 Å². The maximum atomic E-state index is 11.5. The second kappa shape index (κ2) is 6.57. The van der Waals surface area contributed by atoms with Crippen LogP contribution in [-0.2, 0) is 10.2 Å². The Morgan fingerprint density at radius 1 is 1.26 bits per heavy atom. The van der Waals surface area contributed by atoms with E-state index in [0.29, 0.717) is 42.9 Å². The summed E-state index contributed by atoms with van der Waals surface area (Å²) in [5.74, 6) is 1.49. The first-order valence-corrected chi connectivity index (χ1v) is 8.31. The highest BCUT2D eigenvalue weighted by Crippen LogP contribution is 2.40. The number of methoxy groups -OCH3 is 1. The highest BCUT2D eigenvalue weighted by Gasteiger charge is 2.38. The molecule has 1 heterocycles. The number of ketones is 1. The van der Waals surface area contributed by atoms with Gasteiger partial charge in [-0.2, -0.15) is 5.26 Å². The molecular weight excluding hydrogens is 292 g/mol. The number of rotatable bonds is 4. The van der Waals surface area contributed by atoms with Crippen molar-refractivity contribution < 1.29 is 14.3 Å². The van der Waals surface area contributed by atoms with Gasteiger partial charge in [-0.15, -0.1) is 0 Å². The Balaban J connectivity index is 1.90. The summed E-state index contributed by atoms with van der Waals surface area (Å²) < 4.78 is 11.5. The molecule has 2 fully saturated rings. The first-order chi connectivity index (χ1) is 11.2. The average molecular weight is 314 g/mol. The molecular formula is C18H22N2O3. The van der Waals surface area contributed by atoms with Crippen molar-refractivity contribution in [2.24, 2.45) is 0 Å². The predicted molar refractivity (Wildman–Crippen MR) is 84.4 cm³/mol. The van der Waals surface area contributed by atoms with Crippen LogP contribution in [0.25, 0.3) is 0 Å². The summed E-state index contributed by atoms with van der Waals surface area (Å²) in [6.07, 6.45) is 8.29. The number of ether oxygens (including phenoxy) is 2. The van der Waals surface area contributed by atoms with Crippen molar-refractivity contribution in [3.05, 3.63) is 18.0 Å². The summed E-state index contributed by atoms with van der Waals surface area (Å²) in [7, 11) is 1.59.